The van der Waals surface area contributed by atoms with Crippen LogP contribution in [0.2, 0.25) is 0 Å². The topological polar surface area (TPSA) is 186 Å². The van der Waals surface area contributed by atoms with Gasteiger partial charge in [0.1, 0.15) is 10.8 Å². The number of carbonyl (C=O) groups is 5. The van der Waals surface area contributed by atoms with Gasteiger partial charge in [-0.3, -0.25) is 19.2 Å². The number of aliphatic hydroxyl groups is 1. The minimum atomic E-state index is -1.66. The number of anilines is 1. The number of ether oxygens (including phenoxy) is 6. The van der Waals surface area contributed by atoms with E-state index in [1.807, 2.05) is 12.1 Å². The van der Waals surface area contributed by atoms with Crippen LogP contribution in [0.1, 0.15) is 32.8 Å². The van der Waals surface area contributed by atoms with E-state index in [9.17, 15) is 29.1 Å². The van der Waals surface area contributed by atoms with Gasteiger partial charge in [0.25, 0.3) is 0 Å². The maximum absolute atomic E-state index is 12.8. The summed E-state index contributed by atoms with van der Waals surface area (Å²) in [5.74, 6) is -3.42. The lowest BCUT2D eigenvalue weighted by Gasteiger charge is -2.43. The Hall–Kier alpha value is -3.86. The predicted molar refractivity (Wildman–Crippen MR) is 156 cm³/mol. The monoisotopic (exact) mass is 652 g/mol. The van der Waals surface area contributed by atoms with Crippen molar-refractivity contribution in [3.05, 3.63) is 48.2 Å². The molecule has 0 saturated carbocycles. The number of esters is 4. The number of methoxy groups -OCH3 is 1. The Kier molecular flexibility index (Phi) is 13.3. The minimum absolute atomic E-state index is 0.00402. The zero-order chi connectivity index (χ0) is 32.2. The number of hydrogen-bond acceptors (Lipinski definition) is 15. The summed E-state index contributed by atoms with van der Waals surface area (Å²) in [5.41, 5.74) is 0.573. The van der Waals surface area contributed by atoms with Gasteiger partial charge in [0, 0.05) is 39.1 Å². The van der Waals surface area contributed by atoms with Crippen molar-refractivity contribution in [1.82, 2.24) is 4.98 Å². The van der Waals surface area contributed by atoms with Crippen LogP contribution in [0.5, 0.6) is 5.75 Å². The Morgan fingerprint density at radius 1 is 0.955 bits per heavy atom. The number of carbonyl (C=O) groups excluding carboxylic acids is 5. The zero-order valence-electron chi connectivity index (χ0n) is 24.3. The van der Waals surface area contributed by atoms with Gasteiger partial charge in [-0.25, -0.2) is 9.78 Å². The van der Waals surface area contributed by atoms with Crippen molar-refractivity contribution >= 4 is 57.1 Å². The Morgan fingerprint density at radius 2 is 1.64 bits per heavy atom. The maximum Gasteiger partial charge on any atom is 0.339 e. The quantitative estimate of drug-likeness (QED) is 0.139. The van der Waals surface area contributed by atoms with E-state index in [4.69, 9.17) is 28.4 Å². The summed E-state index contributed by atoms with van der Waals surface area (Å²) < 4.78 is 32.6. The Balaban J connectivity index is 1.87. The Labute approximate surface area is 260 Å². The maximum atomic E-state index is 12.8. The van der Waals surface area contributed by atoms with Gasteiger partial charge in [-0.05, 0) is 40.6 Å². The molecule has 44 heavy (non-hydrogen) atoms. The van der Waals surface area contributed by atoms with E-state index in [-0.39, 0.29) is 30.4 Å². The molecule has 1 fully saturated rings. The van der Waals surface area contributed by atoms with E-state index in [0.717, 1.165) is 32.9 Å². The van der Waals surface area contributed by atoms with Crippen molar-refractivity contribution in [3.63, 3.8) is 0 Å². The number of hydrogen-bond donors (Lipinski definition) is 2. The number of aromatic nitrogens is 1. The average molecular weight is 653 g/mol. The SMILES string of the molecule is COC(=O)C1OC(Oc2ccc(CO)cc2NC(=O)CCSSc2ccccn2)[C@H](OC(C)=O)C(OC(C)=O)[C@@H]1OC(C)=O. The lowest BCUT2D eigenvalue weighted by Crippen LogP contribution is -2.64. The fourth-order valence-corrected chi connectivity index (χ4v) is 5.89. The fourth-order valence-electron chi connectivity index (χ4n) is 4.02. The lowest BCUT2D eigenvalue weighted by atomic mass is 9.97. The first kappa shape index (κ1) is 34.6. The first-order valence-electron chi connectivity index (χ1n) is 13.2. The number of nitrogens with zero attached hydrogens (tertiary/aromatic N) is 1. The van der Waals surface area contributed by atoms with Gasteiger partial charge in [-0.2, -0.15) is 0 Å². The molecule has 0 spiro atoms. The molecule has 238 valence electrons. The first-order chi connectivity index (χ1) is 21.0. The third-order valence-corrected chi connectivity index (χ3v) is 8.04. The molecule has 2 N–H and O–H groups in total. The summed E-state index contributed by atoms with van der Waals surface area (Å²) >= 11 is 0. The molecule has 1 aliphatic heterocycles. The van der Waals surface area contributed by atoms with Crippen LogP contribution in [-0.4, -0.2) is 83.4 Å². The van der Waals surface area contributed by atoms with Gasteiger partial charge in [-0.1, -0.05) is 22.9 Å². The number of pyridine rings is 1. The second kappa shape index (κ2) is 16.8. The molecular formula is C28H32N2O12S2. The molecule has 5 atom stereocenters. The van der Waals surface area contributed by atoms with Crippen molar-refractivity contribution < 1.29 is 57.5 Å². The van der Waals surface area contributed by atoms with Crippen LogP contribution < -0.4 is 10.1 Å². The van der Waals surface area contributed by atoms with Crippen LogP contribution in [0.4, 0.5) is 5.69 Å². The summed E-state index contributed by atoms with van der Waals surface area (Å²) in [6.45, 7) is 2.87. The van der Waals surface area contributed by atoms with Crippen LogP contribution in [0.3, 0.4) is 0 Å². The Morgan fingerprint density at radius 3 is 2.25 bits per heavy atom. The van der Waals surface area contributed by atoms with Crippen molar-refractivity contribution in [2.45, 2.75) is 69.5 Å². The highest BCUT2D eigenvalue weighted by Crippen LogP contribution is 2.35. The summed E-state index contributed by atoms with van der Waals surface area (Å²) in [7, 11) is 3.93. The van der Waals surface area contributed by atoms with Crippen molar-refractivity contribution in [3.8, 4) is 5.75 Å². The second-order valence-corrected chi connectivity index (χ2v) is 11.6. The smallest absolute Gasteiger partial charge is 0.339 e. The normalized spacial score (nSPS) is 21.0. The molecule has 16 heteroatoms. The second-order valence-electron chi connectivity index (χ2n) is 9.15. The summed E-state index contributed by atoms with van der Waals surface area (Å²) in [6.07, 6.45) is -6.15. The van der Waals surface area contributed by atoms with E-state index in [1.165, 1.54) is 39.8 Å². The zero-order valence-corrected chi connectivity index (χ0v) is 25.9. The predicted octanol–water partition coefficient (Wildman–Crippen LogP) is 2.41. The van der Waals surface area contributed by atoms with E-state index in [2.05, 4.69) is 10.3 Å². The molecule has 1 saturated heterocycles. The molecule has 2 aromatic rings. The van der Waals surface area contributed by atoms with Gasteiger partial charge in [0.15, 0.2) is 18.3 Å². The number of rotatable bonds is 13. The van der Waals surface area contributed by atoms with Crippen molar-refractivity contribution in [1.29, 1.82) is 0 Å². The molecule has 1 aromatic carbocycles. The third-order valence-electron chi connectivity index (χ3n) is 5.77. The highest BCUT2D eigenvalue weighted by atomic mass is 33.1. The number of amides is 1. The molecule has 0 aliphatic carbocycles. The van der Waals surface area contributed by atoms with Gasteiger partial charge in [-0.15, -0.1) is 0 Å². The Bertz CT molecular complexity index is 1330. The van der Waals surface area contributed by atoms with E-state index >= 15 is 0 Å². The fraction of sp³-hybridized carbons (Fsp3) is 0.429. The summed E-state index contributed by atoms with van der Waals surface area (Å²) in [5, 5.41) is 13.2. The standard InChI is InChI=1S/C28H32N2O12S2/c1-15(32)38-23-24(39-16(2)33)26(40-17(3)34)28(42-25(23)27(36)37-4)41-20-9-8-18(14-31)13-19(20)30-21(35)10-12-43-44-22-7-5-6-11-29-22/h5-9,11,13,23-26,28,31H,10,12,14H2,1-4H3,(H,30,35)/t23-,24?,25?,26+,28?/m0/s1. The summed E-state index contributed by atoms with van der Waals surface area (Å²) in [6, 6.07) is 9.92. The highest BCUT2D eigenvalue weighted by Gasteiger charge is 2.56. The molecule has 0 radical (unpaired) electrons. The van der Waals surface area contributed by atoms with Gasteiger partial charge in [0.2, 0.25) is 18.3 Å². The van der Waals surface area contributed by atoms with E-state index in [1.54, 1.807) is 12.3 Å². The molecule has 3 rings (SSSR count). The molecule has 1 amide bonds. The molecule has 3 unspecified atom stereocenters. The van der Waals surface area contributed by atoms with E-state index < -0.39 is 54.6 Å². The molecular weight excluding hydrogens is 620 g/mol. The van der Waals surface area contributed by atoms with Crippen molar-refractivity contribution in [2.75, 3.05) is 18.2 Å². The van der Waals surface area contributed by atoms with Crippen LogP contribution in [0, 0.1) is 0 Å². The summed E-state index contributed by atoms with van der Waals surface area (Å²) in [4.78, 5) is 65.8. The highest BCUT2D eigenvalue weighted by molar-refractivity contribution is 8.76. The van der Waals surface area contributed by atoms with Gasteiger partial charge in [0.05, 0.1) is 19.4 Å². The molecule has 2 heterocycles. The van der Waals surface area contributed by atoms with Crippen LogP contribution in [0.25, 0.3) is 0 Å². The van der Waals surface area contributed by atoms with E-state index in [0.29, 0.717) is 11.3 Å². The average Bonchev–Trinajstić information content (AvgIpc) is 2.98. The van der Waals surface area contributed by atoms with Crippen LogP contribution in [0.15, 0.2) is 47.6 Å². The number of nitrogens with one attached hydrogen (secondary N) is 1. The van der Waals surface area contributed by atoms with Crippen molar-refractivity contribution in [2.24, 2.45) is 0 Å². The molecule has 0 bridgehead atoms. The molecule has 1 aliphatic rings. The first-order valence-corrected chi connectivity index (χ1v) is 15.5. The largest absolute Gasteiger partial charge is 0.467 e. The van der Waals surface area contributed by atoms with Gasteiger partial charge < -0.3 is 38.8 Å². The molecule has 1 aromatic heterocycles. The lowest BCUT2D eigenvalue weighted by molar-refractivity contribution is -0.282. The molecule has 14 nitrogen and oxygen atoms in total. The van der Waals surface area contributed by atoms with Crippen LogP contribution >= 0.6 is 21.6 Å². The van der Waals surface area contributed by atoms with Gasteiger partial charge >= 0.3 is 23.9 Å². The van der Waals surface area contributed by atoms with Crippen LogP contribution in [-0.2, 0) is 54.3 Å². The number of aliphatic hydroxyl groups excluding tert-OH is 1. The number of benzene rings is 1. The minimum Gasteiger partial charge on any atom is -0.467 e. The third kappa shape index (κ3) is 10.1.